The molecule has 230 valence electrons. The minimum Gasteiger partial charge on any atom is -0.309 e. The Morgan fingerprint density at radius 3 is 2.02 bits per heavy atom. The molecule has 0 saturated heterocycles. The van der Waals surface area contributed by atoms with E-state index in [9.17, 15) is 0 Å². The Morgan fingerprint density at radius 1 is 0.864 bits per heavy atom. The maximum absolute atomic E-state index is 2.90. The summed E-state index contributed by atoms with van der Waals surface area (Å²) in [5.74, 6) is 1.94. The van der Waals surface area contributed by atoms with Crippen LogP contribution in [0.2, 0.25) is 18.6 Å². The monoisotopic (exact) mass is 602 g/mol. The predicted octanol–water partition coefficient (Wildman–Crippen LogP) is 9.97. The molecule has 0 N–H and O–H groups in total. The van der Waals surface area contributed by atoms with Crippen molar-refractivity contribution in [2.75, 3.05) is 21.1 Å². The Hall–Kier alpha value is -2.92. The molecule has 1 heterocycles. The Labute approximate surface area is 266 Å². The number of para-hydroxylation sites is 2. The normalized spacial score (nSPS) is 24.8. The second kappa shape index (κ2) is 9.54. The highest BCUT2D eigenvalue weighted by atomic mass is 28.3. The molecule has 3 aliphatic rings. The first-order valence-electron chi connectivity index (χ1n) is 16.7. The predicted molar refractivity (Wildman–Crippen MR) is 191 cm³/mol. The third kappa shape index (κ3) is 4.20. The van der Waals surface area contributed by atoms with Crippen LogP contribution in [0.5, 0.6) is 0 Å². The average molecular weight is 603 g/mol. The summed E-state index contributed by atoms with van der Waals surface area (Å²) >= 11 is 0. The Balaban J connectivity index is 1.34. The zero-order valence-corrected chi connectivity index (χ0v) is 29.9. The number of aromatic nitrogens is 1. The van der Waals surface area contributed by atoms with Crippen molar-refractivity contribution in [1.82, 2.24) is 9.24 Å². The minimum absolute atomic E-state index is 0.0349. The fraction of sp³-hybridized carbons (Fsp3) is 0.450. The van der Waals surface area contributed by atoms with E-state index in [0.29, 0.717) is 17.4 Å². The van der Waals surface area contributed by atoms with Crippen LogP contribution in [0.4, 0.5) is 0 Å². The van der Waals surface area contributed by atoms with E-state index in [1.165, 1.54) is 50.6 Å². The first-order chi connectivity index (χ1) is 20.5. The van der Waals surface area contributed by atoms with Crippen LogP contribution in [0.1, 0.15) is 59.1 Å². The number of benzene rings is 3. The van der Waals surface area contributed by atoms with Gasteiger partial charge in [0.2, 0.25) is 0 Å². The van der Waals surface area contributed by atoms with Crippen molar-refractivity contribution in [2.45, 2.75) is 77.6 Å². The summed E-state index contributed by atoms with van der Waals surface area (Å²) in [5, 5.41) is 2.64. The average Bonchev–Trinajstić information content (AvgIpc) is 3.50. The van der Waals surface area contributed by atoms with Gasteiger partial charge in [0.25, 0.3) is 0 Å². The second-order valence-corrected chi connectivity index (χ2v) is 21.3. The van der Waals surface area contributed by atoms with Gasteiger partial charge in [-0.25, -0.2) is 0 Å². The van der Waals surface area contributed by atoms with Gasteiger partial charge in [0.1, 0.15) is 0 Å². The van der Waals surface area contributed by atoms with Crippen LogP contribution in [0.3, 0.4) is 0 Å². The summed E-state index contributed by atoms with van der Waals surface area (Å²) in [4.78, 5) is 0. The molecule has 3 aromatic carbocycles. The van der Waals surface area contributed by atoms with E-state index in [4.69, 9.17) is 0 Å². The van der Waals surface area contributed by atoms with Gasteiger partial charge in [0.05, 0.1) is 37.7 Å². The molecule has 4 aromatic rings. The summed E-state index contributed by atoms with van der Waals surface area (Å²) in [5.41, 5.74) is 10.6. The zero-order chi connectivity index (χ0) is 31.6. The van der Waals surface area contributed by atoms with E-state index >= 15 is 0 Å². The fourth-order valence-electron chi connectivity index (χ4n) is 10.8. The lowest BCUT2D eigenvalue weighted by molar-refractivity contribution is -0.978. The Bertz CT molecular complexity index is 1790. The van der Waals surface area contributed by atoms with Gasteiger partial charge >= 0.3 is 0 Å². The highest BCUT2D eigenvalue weighted by Gasteiger charge is 2.58. The number of fused-ring (bicyclic) bond motifs is 7. The Morgan fingerprint density at radius 2 is 1.45 bits per heavy atom. The highest BCUT2D eigenvalue weighted by molar-refractivity contribution is 6.76. The largest absolute Gasteiger partial charge is 0.309 e. The molecule has 4 heteroatoms. The van der Waals surface area contributed by atoms with Gasteiger partial charge in [-0.15, -0.1) is 0 Å². The van der Waals surface area contributed by atoms with Crippen molar-refractivity contribution in [1.29, 1.82) is 0 Å². The summed E-state index contributed by atoms with van der Waals surface area (Å²) in [6.45, 7) is 20.1. The maximum atomic E-state index is 2.90. The number of quaternary nitrogens is 1. The molecule has 1 aromatic heterocycles. The molecular weight excluding hydrogens is 551 g/mol. The molecule has 0 amide bonds. The molecule has 4 unspecified atom stereocenters. The Kier molecular flexibility index (Phi) is 6.46. The number of allylic oxidation sites excluding steroid dienone is 4. The lowest BCUT2D eigenvalue weighted by Crippen LogP contribution is -2.72. The zero-order valence-electron chi connectivity index (χ0n) is 28.9. The molecule has 3 nitrogen and oxygen atoms in total. The molecule has 7 rings (SSSR count). The molecule has 1 fully saturated rings. The summed E-state index contributed by atoms with van der Waals surface area (Å²) < 4.78 is 6.26. The van der Waals surface area contributed by atoms with Crippen molar-refractivity contribution >= 4 is 35.6 Å². The topological polar surface area (TPSA) is 8.17 Å². The molecule has 0 radical (unpaired) electrons. The van der Waals surface area contributed by atoms with Crippen molar-refractivity contribution < 1.29 is 4.59 Å². The van der Waals surface area contributed by atoms with Gasteiger partial charge in [0.15, 0.2) is 8.24 Å². The first-order valence-corrected chi connectivity index (χ1v) is 19.8. The van der Waals surface area contributed by atoms with E-state index in [1.54, 1.807) is 5.57 Å². The first kappa shape index (κ1) is 29.8. The van der Waals surface area contributed by atoms with Crippen LogP contribution < -0.4 is 0 Å². The molecular formula is C40H52N3Si+. The lowest BCUT2D eigenvalue weighted by Gasteiger charge is -2.55. The van der Waals surface area contributed by atoms with Gasteiger partial charge in [0, 0.05) is 21.9 Å². The maximum Gasteiger partial charge on any atom is 0.191 e. The van der Waals surface area contributed by atoms with Crippen molar-refractivity contribution in [3.05, 3.63) is 95.6 Å². The highest BCUT2D eigenvalue weighted by Crippen LogP contribution is 2.61. The molecule has 0 aliphatic heterocycles. The van der Waals surface area contributed by atoms with E-state index in [-0.39, 0.29) is 11.0 Å². The third-order valence-electron chi connectivity index (χ3n) is 11.3. The van der Waals surface area contributed by atoms with Crippen LogP contribution in [0.25, 0.3) is 33.1 Å². The summed E-state index contributed by atoms with van der Waals surface area (Å²) in [6, 6.07) is 25.0. The quantitative estimate of drug-likeness (QED) is 0.128. The van der Waals surface area contributed by atoms with E-state index < -0.39 is 8.24 Å². The molecule has 0 bridgehead atoms. The SMILES string of the molecule is CC1CC2C=C3C(=CC2C1[Si](C)(C)N(C(C)(C)C)[N+](C)(C)C)C(C)(C)c1cc(-n2c4ccccc4c4ccccc42)ccc13. The standard InChI is InChI=1S/C40H52N3Si/c1-26-22-27-23-33-29-21-20-28(41-36-18-14-12-16-30(36)31-17-13-15-19-37(31)41)24-34(29)40(5,6)35(33)25-32(27)38(26)44(10,11)42(39(2,3)4)43(7,8)9/h12-21,23-27,32,38H,22H2,1-11H3/q+1. The van der Waals surface area contributed by atoms with Gasteiger partial charge in [-0.2, -0.15) is 4.67 Å². The van der Waals surface area contributed by atoms with Gasteiger partial charge in [-0.05, 0) is 97.0 Å². The number of hydrogen-bond acceptors (Lipinski definition) is 1. The molecule has 3 aliphatic carbocycles. The molecule has 1 saturated carbocycles. The van der Waals surface area contributed by atoms with Crippen molar-refractivity contribution in [3.63, 3.8) is 0 Å². The van der Waals surface area contributed by atoms with Crippen molar-refractivity contribution in [3.8, 4) is 5.69 Å². The van der Waals surface area contributed by atoms with Crippen LogP contribution >= 0.6 is 0 Å². The van der Waals surface area contributed by atoms with Crippen molar-refractivity contribution in [2.24, 2.45) is 17.8 Å². The molecule has 4 atom stereocenters. The smallest absolute Gasteiger partial charge is 0.191 e. The molecule has 44 heavy (non-hydrogen) atoms. The van der Waals surface area contributed by atoms with Gasteiger partial charge in [-0.1, -0.05) is 88.5 Å². The summed E-state index contributed by atoms with van der Waals surface area (Å²) in [6.07, 6.45) is 6.78. The summed E-state index contributed by atoms with van der Waals surface area (Å²) in [7, 11) is 5.24. The van der Waals surface area contributed by atoms with E-state index in [0.717, 1.165) is 10.5 Å². The van der Waals surface area contributed by atoms with Crippen LogP contribution in [0.15, 0.2) is 84.5 Å². The second-order valence-electron chi connectivity index (χ2n) is 16.9. The fourth-order valence-corrected chi connectivity index (χ4v) is 17.1. The van der Waals surface area contributed by atoms with E-state index in [2.05, 4.69) is 164 Å². The van der Waals surface area contributed by atoms with E-state index in [1.807, 2.05) is 0 Å². The number of hydrogen-bond donors (Lipinski definition) is 0. The number of nitrogens with zero attached hydrogens (tertiary/aromatic N) is 3. The van der Waals surface area contributed by atoms with Gasteiger partial charge in [-0.3, -0.25) is 4.59 Å². The minimum atomic E-state index is -1.88. The van der Waals surface area contributed by atoms with Crippen LogP contribution in [-0.4, -0.2) is 48.8 Å². The molecule has 0 spiro atoms. The number of rotatable bonds is 4. The lowest BCUT2D eigenvalue weighted by atomic mass is 9.76. The third-order valence-corrected chi connectivity index (χ3v) is 16.2. The van der Waals surface area contributed by atoms with Crippen LogP contribution in [-0.2, 0) is 5.41 Å². The van der Waals surface area contributed by atoms with Crippen LogP contribution in [0, 0.1) is 17.8 Å². The van der Waals surface area contributed by atoms with Gasteiger partial charge < -0.3 is 4.57 Å².